The van der Waals surface area contributed by atoms with E-state index < -0.39 is 6.36 Å². The van der Waals surface area contributed by atoms with Gasteiger partial charge in [-0.2, -0.15) is 0 Å². The normalized spacial score (nSPS) is 16.7. The minimum Gasteiger partial charge on any atom is -0.406 e. The van der Waals surface area contributed by atoms with Gasteiger partial charge in [-0.05, 0) is 41.5 Å². The number of alkyl halides is 3. The summed E-state index contributed by atoms with van der Waals surface area (Å²) < 4.78 is 43.0. The Morgan fingerprint density at radius 2 is 1.72 bits per heavy atom. The van der Waals surface area contributed by atoms with E-state index in [1.807, 2.05) is 30.5 Å². The van der Waals surface area contributed by atoms with Crippen molar-refractivity contribution in [3.8, 4) is 11.4 Å². The summed E-state index contributed by atoms with van der Waals surface area (Å²) in [5.41, 5.74) is 4.19. The van der Waals surface area contributed by atoms with E-state index in [-0.39, 0.29) is 11.8 Å². The Labute approximate surface area is 142 Å². The minimum atomic E-state index is -4.68. The summed E-state index contributed by atoms with van der Waals surface area (Å²) in [4.78, 5) is 0. The first kappa shape index (κ1) is 15.8. The first-order chi connectivity index (χ1) is 12.0. The van der Waals surface area contributed by atoms with Gasteiger partial charge in [0, 0.05) is 24.1 Å². The van der Waals surface area contributed by atoms with Crippen molar-refractivity contribution in [2.24, 2.45) is 0 Å². The standard InChI is InChI=1S/C19H15F3N2O/c20-19(21,22)25-15-9-7-13(8-10-15)18-17-6-3-11-24(17)16-5-2-1-4-14(16)12-23-18/h1-11,18,23H,12H2/t18-/m0/s1. The summed E-state index contributed by atoms with van der Waals surface area (Å²) >= 11 is 0. The third kappa shape index (κ3) is 3.13. The summed E-state index contributed by atoms with van der Waals surface area (Å²) in [5, 5.41) is 3.48. The lowest BCUT2D eigenvalue weighted by Gasteiger charge is -2.18. The number of aromatic nitrogens is 1. The van der Waals surface area contributed by atoms with Crippen molar-refractivity contribution >= 4 is 0 Å². The molecule has 0 saturated carbocycles. The largest absolute Gasteiger partial charge is 0.573 e. The molecule has 3 aromatic rings. The molecule has 0 aliphatic carbocycles. The molecule has 0 bridgehead atoms. The van der Waals surface area contributed by atoms with Gasteiger partial charge in [0.05, 0.1) is 6.04 Å². The average molecular weight is 344 g/mol. The molecule has 1 aliphatic heterocycles. The summed E-state index contributed by atoms with van der Waals surface area (Å²) in [6, 6.07) is 18.0. The fourth-order valence-electron chi connectivity index (χ4n) is 3.21. The van der Waals surface area contributed by atoms with Gasteiger partial charge in [0.25, 0.3) is 0 Å². The van der Waals surface area contributed by atoms with Crippen LogP contribution in [0.15, 0.2) is 66.9 Å². The van der Waals surface area contributed by atoms with Gasteiger partial charge >= 0.3 is 6.36 Å². The molecule has 0 radical (unpaired) electrons. The van der Waals surface area contributed by atoms with Crippen LogP contribution in [0.3, 0.4) is 0 Å². The molecule has 2 aromatic carbocycles. The van der Waals surface area contributed by atoms with Gasteiger partial charge in [-0.25, -0.2) is 0 Å². The van der Waals surface area contributed by atoms with Gasteiger partial charge in [-0.3, -0.25) is 0 Å². The van der Waals surface area contributed by atoms with Crippen molar-refractivity contribution in [3.05, 3.63) is 83.7 Å². The average Bonchev–Trinajstić information content (AvgIpc) is 2.99. The number of benzene rings is 2. The van der Waals surface area contributed by atoms with E-state index in [4.69, 9.17) is 0 Å². The van der Waals surface area contributed by atoms with E-state index >= 15 is 0 Å². The predicted octanol–water partition coefficient (Wildman–Crippen LogP) is 4.57. The van der Waals surface area contributed by atoms with Crippen LogP contribution in [0.2, 0.25) is 0 Å². The molecule has 3 nitrogen and oxygen atoms in total. The van der Waals surface area contributed by atoms with Crippen LogP contribution in [0.1, 0.15) is 22.9 Å². The molecule has 0 saturated heterocycles. The molecule has 4 rings (SSSR count). The molecule has 1 N–H and O–H groups in total. The molecule has 1 atom stereocenters. The van der Waals surface area contributed by atoms with Gasteiger partial charge in [0.1, 0.15) is 5.75 Å². The second-order valence-corrected chi connectivity index (χ2v) is 5.86. The smallest absolute Gasteiger partial charge is 0.406 e. The molecular weight excluding hydrogens is 329 g/mol. The highest BCUT2D eigenvalue weighted by atomic mass is 19.4. The SMILES string of the molecule is FC(F)(F)Oc1ccc([C@@H]2NCc3ccccc3-n3cccc32)cc1. The third-order valence-electron chi connectivity index (χ3n) is 4.27. The number of hydrogen-bond acceptors (Lipinski definition) is 2. The quantitative estimate of drug-likeness (QED) is 0.737. The fourth-order valence-corrected chi connectivity index (χ4v) is 3.21. The van der Waals surface area contributed by atoms with E-state index in [1.54, 1.807) is 12.1 Å². The molecular formula is C19H15F3N2O. The minimum absolute atomic E-state index is 0.123. The Balaban J connectivity index is 1.68. The highest BCUT2D eigenvalue weighted by molar-refractivity contribution is 5.47. The zero-order valence-corrected chi connectivity index (χ0v) is 13.1. The number of nitrogens with zero attached hydrogens (tertiary/aromatic N) is 1. The zero-order valence-electron chi connectivity index (χ0n) is 13.1. The van der Waals surface area contributed by atoms with E-state index in [0.717, 1.165) is 16.9 Å². The van der Waals surface area contributed by atoms with Crippen LogP contribution in [-0.4, -0.2) is 10.9 Å². The van der Waals surface area contributed by atoms with Crippen LogP contribution < -0.4 is 10.1 Å². The maximum Gasteiger partial charge on any atom is 0.573 e. The lowest BCUT2D eigenvalue weighted by molar-refractivity contribution is -0.274. The van der Waals surface area contributed by atoms with Crippen LogP contribution in [0.25, 0.3) is 5.69 Å². The van der Waals surface area contributed by atoms with Crippen molar-refractivity contribution in [3.63, 3.8) is 0 Å². The first-order valence-corrected chi connectivity index (χ1v) is 7.86. The van der Waals surface area contributed by atoms with Crippen LogP contribution in [0, 0.1) is 0 Å². The highest BCUT2D eigenvalue weighted by Gasteiger charge is 2.31. The third-order valence-corrected chi connectivity index (χ3v) is 4.27. The van der Waals surface area contributed by atoms with Crippen LogP contribution in [-0.2, 0) is 6.54 Å². The summed E-state index contributed by atoms with van der Waals surface area (Å²) in [6.45, 7) is 0.670. The van der Waals surface area contributed by atoms with E-state index in [9.17, 15) is 13.2 Å². The number of ether oxygens (including phenoxy) is 1. The Morgan fingerprint density at radius 1 is 0.960 bits per heavy atom. The fraction of sp³-hybridized carbons (Fsp3) is 0.158. The van der Waals surface area contributed by atoms with Gasteiger partial charge in [0.2, 0.25) is 0 Å². The van der Waals surface area contributed by atoms with Crippen molar-refractivity contribution < 1.29 is 17.9 Å². The lowest BCUT2D eigenvalue weighted by atomic mass is 10.0. The Morgan fingerprint density at radius 3 is 2.48 bits per heavy atom. The molecule has 128 valence electrons. The van der Waals surface area contributed by atoms with Crippen molar-refractivity contribution in [1.82, 2.24) is 9.88 Å². The second-order valence-electron chi connectivity index (χ2n) is 5.86. The molecule has 2 heterocycles. The predicted molar refractivity (Wildman–Crippen MR) is 87.6 cm³/mol. The summed E-state index contributed by atoms with van der Waals surface area (Å²) in [6.07, 6.45) is -2.69. The van der Waals surface area contributed by atoms with E-state index in [1.165, 1.54) is 17.7 Å². The zero-order chi connectivity index (χ0) is 17.4. The molecule has 6 heteroatoms. The second kappa shape index (κ2) is 5.97. The topological polar surface area (TPSA) is 26.2 Å². The molecule has 0 amide bonds. The number of halogens is 3. The molecule has 1 aromatic heterocycles. The van der Waals surface area contributed by atoms with Gasteiger partial charge in [-0.15, -0.1) is 13.2 Å². The molecule has 0 fully saturated rings. The van der Waals surface area contributed by atoms with Gasteiger partial charge < -0.3 is 14.6 Å². The van der Waals surface area contributed by atoms with Crippen LogP contribution in [0.5, 0.6) is 5.75 Å². The molecule has 1 aliphatic rings. The number of para-hydroxylation sites is 1. The monoisotopic (exact) mass is 344 g/mol. The number of hydrogen-bond donors (Lipinski definition) is 1. The lowest BCUT2D eigenvalue weighted by Crippen LogP contribution is -2.21. The number of nitrogens with one attached hydrogen (secondary N) is 1. The molecule has 0 unspecified atom stereocenters. The highest BCUT2D eigenvalue weighted by Crippen LogP contribution is 2.31. The number of fused-ring (bicyclic) bond motifs is 3. The van der Waals surface area contributed by atoms with Crippen molar-refractivity contribution in [2.45, 2.75) is 18.9 Å². The molecule has 25 heavy (non-hydrogen) atoms. The van der Waals surface area contributed by atoms with Gasteiger partial charge in [0.15, 0.2) is 0 Å². The maximum atomic E-state index is 12.3. The summed E-state index contributed by atoms with van der Waals surface area (Å²) in [7, 11) is 0. The van der Waals surface area contributed by atoms with Gasteiger partial charge in [-0.1, -0.05) is 30.3 Å². The van der Waals surface area contributed by atoms with Crippen LogP contribution >= 0.6 is 0 Å². The molecule has 0 spiro atoms. The number of rotatable bonds is 2. The van der Waals surface area contributed by atoms with Crippen molar-refractivity contribution in [2.75, 3.05) is 0 Å². The first-order valence-electron chi connectivity index (χ1n) is 7.86. The van der Waals surface area contributed by atoms with Crippen LogP contribution in [0.4, 0.5) is 13.2 Å². The summed E-state index contributed by atoms with van der Waals surface area (Å²) in [5.74, 6) is -0.219. The van der Waals surface area contributed by atoms with Crippen molar-refractivity contribution in [1.29, 1.82) is 0 Å². The Hall–Kier alpha value is -2.73. The van der Waals surface area contributed by atoms with E-state index in [2.05, 4.69) is 26.8 Å². The Bertz CT molecular complexity index is 884. The maximum absolute atomic E-state index is 12.3. The van der Waals surface area contributed by atoms with E-state index in [0.29, 0.717) is 6.54 Å². The Kier molecular flexibility index (Phi) is 3.77.